The fourth-order valence-corrected chi connectivity index (χ4v) is 4.91. The lowest BCUT2D eigenvalue weighted by atomic mass is 10.3. The Morgan fingerprint density at radius 1 is 0.938 bits per heavy atom. The van der Waals surface area contributed by atoms with Crippen molar-refractivity contribution < 1.29 is 11.1 Å². The molecule has 5 heteroatoms. The highest BCUT2D eigenvalue weighted by Crippen LogP contribution is 2.12. The van der Waals surface area contributed by atoms with Crippen LogP contribution in [-0.4, -0.2) is 35.7 Å². The van der Waals surface area contributed by atoms with Crippen LogP contribution in [0.15, 0.2) is 0 Å². The Labute approximate surface area is 107 Å². The number of hydrogen-bond donors (Lipinski definition) is 0. The topological polar surface area (TPSA) is 27.7 Å². The molecule has 0 bridgehead atoms. The lowest BCUT2D eigenvalue weighted by Crippen LogP contribution is -2.42. The second-order valence-electron chi connectivity index (χ2n) is 5.23. The maximum Gasteiger partial charge on any atom is 0.894 e. The van der Waals surface area contributed by atoms with E-state index in [1.54, 1.807) is 0 Å². The van der Waals surface area contributed by atoms with Crippen LogP contribution >= 0.6 is 0 Å². The van der Waals surface area contributed by atoms with Crippen LogP contribution in [-0.2, 0) is 11.1 Å². The first-order valence-electron chi connectivity index (χ1n) is 6.27. The summed E-state index contributed by atoms with van der Waals surface area (Å²) in [5.74, 6) is 0. The van der Waals surface area contributed by atoms with Crippen molar-refractivity contribution in [2.75, 3.05) is 0 Å². The first kappa shape index (κ1) is 16.6. The van der Waals surface area contributed by atoms with Gasteiger partial charge in [-0.15, -0.1) is 0 Å². The van der Waals surface area contributed by atoms with E-state index in [0.717, 1.165) is 12.8 Å². The van der Waals surface area contributed by atoms with Crippen molar-refractivity contribution in [2.45, 2.75) is 72.4 Å². The van der Waals surface area contributed by atoms with Gasteiger partial charge in [-0.1, -0.05) is 13.8 Å². The van der Waals surface area contributed by atoms with Gasteiger partial charge in [0, 0.05) is 12.2 Å². The zero-order valence-corrected chi connectivity index (χ0v) is 14.0. The summed E-state index contributed by atoms with van der Waals surface area (Å²) in [6.45, 7) is 14.9. The molecule has 0 aliphatic heterocycles. The summed E-state index contributed by atoms with van der Waals surface area (Å²) in [6, 6.07) is 0. The van der Waals surface area contributed by atoms with Gasteiger partial charge in [-0.2, -0.15) is 0 Å². The predicted molar refractivity (Wildman–Crippen MR) is 71.9 cm³/mol. The molecule has 16 heavy (non-hydrogen) atoms. The first-order chi connectivity index (χ1) is 7.28. The molecule has 2 atom stereocenters. The van der Waals surface area contributed by atoms with Crippen molar-refractivity contribution in [2.24, 2.45) is 0 Å². The van der Waals surface area contributed by atoms with Crippen LogP contribution in [0.3, 0.4) is 0 Å². The minimum atomic E-state index is -1.95. The number of rotatable bonds is 8. The van der Waals surface area contributed by atoms with E-state index in [1.165, 1.54) is 0 Å². The summed E-state index contributed by atoms with van der Waals surface area (Å²) in [4.78, 5) is 0. The van der Waals surface area contributed by atoms with Gasteiger partial charge >= 0.3 is 15.1 Å². The van der Waals surface area contributed by atoms with Gasteiger partial charge in [-0.05, 0) is 46.3 Å². The molecule has 2 unspecified atom stereocenters. The van der Waals surface area contributed by atoms with Crippen LogP contribution in [0.4, 0.5) is 0 Å². The second kappa shape index (κ2) is 7.86. The van der Waals surface area contributed by atoms with Crippen LogP contribution in [0, 0.1) is 0 Å². The van der Waals surface area contributed by atoms with E-state index >= 15 is 0 Å². The van der Waals surface area contributed by atoms with E-state index in [4.69, 9.17) is 11.1 Å². The van der Waals surface area contributed by atoms with Crippen LogP contribution in [0.1, 0.15) is 40.5 Å². The van der Waals surface area contributed by atoms with Gasteiger partial charge in [-0.25, -0.2) is 0 Å². The standard InChI is InChI=1S/2C4H9O.C3H9OSi.Al/c2*1-3-4(2)5;1-5(2,3)4;/h2*4H,3H2,1-2H3;1-3H3;/q3*-1;+3. The molecule has 0 radical (unpaired) electrons. The molecule has 0 amide bonds. The van der Waals surface area contributed by atoms with Crippen molar-refractivity contribution in [1.82, 2.24) is 0 Å². The Bertz CT molecular complexity index is 173. The van der Waals surface area contributed by atoms with Crippen LogP contribution in [0.25, 0.3) is 0 Å². The molecule has 0 fully saturated rings. The fourth-order valence-electron chi connectivity index (χ4n) is 0.948. The highest BCUT2D eigenvalue weighted by molar-refractivity contribution is 6.74. The predicted octanol–water partition coefficient (Wildman–Crippen LogP) is 3.45. The van der Waals surface area contributed by atoms with Crippen molar-refractivity contribution >= 4 is 23.5 Å². The Kier molecular flexibility index (Phi) is 8.17. The lowest BCUT2D eigenvalue weighted by molar-refractivity contribution is 0.0679. The van der Waals surface area contributed by atoms with Gasteiger partial charge in [0.1, 0.15) is 0 Å². The minimum Gasteiger partial charge on any atom is -0.499 e. The van der Waals surface area contributed by atoms with Crippen molar-refractivity contribution in [3.63, 3.8) is 0 Å². The summed E-state index contributed by atoms with van der Waals surface area (Å²) in [5.41, 5.74) is 0. The molecule has 0 aliphatic rings. The smallest absolute Gasteiger partial charge is 0.499 e. The van der Waals surface area contributed by atoms with Crippen molar-refractivity contribution in [1.29, 1.82) is 0 Å². The molecule has 0 aromatic heterocycles. The van der Waals surface area contributed by atoms with Crippen molar-refractivity contribution in [3.8, 4) is 0 Å². The lowest BCUT2D eigenvalue weighted by Gasteiger charge is -2.26. The van der Waals surface area contributed by atoms with Gasteiger partial charge in [0.2, 0.25) is 0 Å². The molecule has 0 aliphatic carbocycles. The average molecular weight is 262 g/mol. The maximum atomic E-state index is 6.02. The van der Waals surface area contributed by atoms with E-state index in [2.05, 4.69) is 47.3 Å². The summed E-state index contributed by atoms with van der Waals surface area (Å²) < 4.78 is 17.8. The van der Waals surface area contributed by atoms with Gasteiger partial charge < -0.3 is 11.1 Å². The third-order valence-electron chi connectivity index (χ3n) is 2.29. The Morgan fingerprint density at radius 3 is 1.56 bits per heavy atom. The normalized spacial score (nSPS) is 15.9. The molecule has 96 valence electrons. The minimum absolute atomic E-state index is 0.233. The van der Waals surface area contributed by atoms with E-state index in [9.17, 15) is 0 Å². The van der Waals surface area contributed by atoms with Gasteiger partial charge in [0.25, 0.3) is 0 Å². The van der Waals surface area contributed by atoms with E-state index in [-0.39, 0.29) is 12.2 Å². The van der Waals surface area contributed by atoms with Gasteiger partial charge in [0.15, 0.2) is 8.32 Å². The van der Waals surface area contributed by atoms with Gasteiger partial charge in [-0.3, -0.25) is 0 Å². The Morgan fingerprint density at radius 2 is 1.31 bits per heavy atom. The molecule has 0 heterocycles. The molecule has 0 N–H and O–H groups in total. The molecule has 0 aromatic rings. The molecular weight excluding hydrogens is 235 g/mol. The number of hydrogen-bond acceptors (Lipinski definition) is 3. The quantitative estimate of drug-likeness (QED) is 0.627. The molecular formula is C11H27AlO3Si. The average Bonchev–Trinajstić information content (AvgIpc) is 2.14. The van der Waals surface area contributed by atoms with Gasteiger partial charge in [0.05, 0.1) is 0 Å². The van der Waals surface area contributed by atoms with Crippen LogP contribution in [0.5, 0.6) is 0 Å². The molecule has 0 rings (SSSR count). The fraction of sp³-hybridized carbons (Fsp3) is 1.00. The van der Waals surface area contributed by atoms with Crippen LogP contribution in [0.2, 0.25) is 19.6 Å². The SMILES string of the molecule is CCC(C)[O][Al]([O]C(C)CC)[O][Si](C)(C)C. The van der Waals surface area contributed by atoms with E-state index in [0.29, 0.717) is 0 Å². The Hall–Kier alpha value is 0.629. The van der Waals surface area contributed by atoms with Crippen LogP contribution < -0.4 is 0 Å². The monoisotopic (exact) mass is 262 g/mol. The summed E-state index contributed by atoms with van der Waals surface area (Å²) in [5, 5.41) is 0. The maximum absolute atomic E-state index is 6.02. The molecule has 0 saturated carbocycles. The second-order valence-corrected chi connectivity index (χ2v) is 11.5. The molecule has 0 spiro atoms. The van der Waals surface area contributed by atoms with E-state index < -0.39 is 23.5 Å². The molecule has 0 saturated heterocycles. The summed E-state index contributed by atoms with van der Waals surface area (Å²) in [6.07, 6.45) is 2.47. The highest BCUT2D eigenvalue weighted by atomic mass is 28.4. The Balaban J connectivity index is 4.27. The van der Waals surface area contributed by atoms with E-state index in [1.807, 2.05) is 0 Å². The molecule has 0 aromatic carbocycles. The zero-order valence-electron chi connectivity index (χ0n) is 11.9. The summed E-state index contributed by atoms with van der Waals surface area (Å²) >= 11 is -1.95. The summed E-state index contributed by atoms with van der Waals surface area (Å²) in [7, 11) is -1.57. The zero-order chi connectivity index (χ0) is 12.8. The third-order valence-corrected chi connectivity index (χ3v) is 7.26. The van der Waals surface area contributed by atoms with Crippen molar-refractivity contribution in [3.05, 3.63) is 0 Å². The highest BCUT2D eigenvalue weighted by Gasteiger charge is 2.38. The third kappa shape index (κ3) is 8.74. The largest absolute Gasteiger partial charge is 0.894 e. The molecule has 3 nitrogen and oxygen atoms in total. The first-order valence-corrected chi connectivity index (χ1v) is 11.1.